The first kappa shape index (κ1) is 16.1. The molecule has 0 spiro atoms. The first-order valence-corrected chi connectivity index (χ1v) is 9.45. The van der Waals surface area contributed by atoms with Gasteiger partial charge in [-0.2, -0.15) is 0 Å². The van der Waals surface area contributed by atoms with Crippen molar-refractivity contribution in [3.63, 3.8) is 0 Å². The second kappa shape index (κ2) is 6.15. The second-order valence-corrected chi connectivity index (χ2v) is 7.64. The van der Waals surface area contributed by atoms with Crippen LogP contribution < -0.4 is 5.73 Å². The Morgan fingerprint density at radius 1 is 1.24 bits per heavy atom. The summed E-state index contributed by atoms with van der Waals surface area (Å²) in [6.07, 6.45) is 3.84. The number of aromatic nitrogens is 2. The van der Waals surface area contributed by atoms with E-state index in [1.165, 1.54) is 58.8 Å². The Kier molecular flexibility index (Phi) is 3.96. The lowest BCUT2D eigenvalue weighted by atomic mass is 10.1. The predicted molar refractivity (Wildman–Crippen MR) is 101 cm³/mol. The van der Waals surface area contributed by atoms with Crippen LogP contribution in [0.5, 0.6) is 0 Å². The van der Waals surface area contributed by atoms with Gasteiger partial charge in [0, 0.05) is 28.0 Å². The van der Waals surface area contributed by atoms with E-state index in [0.717, 1.165) is 16.3 Å². The highest BCUT2D eigenvalue weighted by atomic mass is 32.1. The molecule has 0 unspecified atom stereocenters. The highest BCUT2D eigenvalue weighted by Gasteiger charge is 2.17. The number of nitrogens with two attached hydrogens (primary N) is 1. The summed E-state index contributed by atoms with van der Waals surface area (Å²) in [6, 6.07) is 8.98. The van der Waals surface area contributed by atoms with Crippen molar-refractivity contribution in [3.8, 4) is 16.9 Å². The van der Waals surface area contributed by atoms with Crippen molar-refractivity contribution < 1.29 is 4.79 Å². The van der Waals surface area contributed by atoms with Gasteiger partial charge in [-0.3, -0.25) is 4.79 Å². The minimum Gasteiger partial charge on any atom is -0.369 e. The summed E-state index contributed by atoms with van der Waals surface area (Å²) in [5, 5.41) is 2.78. The van der Waals surface area contributed by atoms with Crippen LogP contribution in [0, 0.1) is 13.8 Å². The van der Waals surface area contributed by atoms with Gasteiger partial charge in [-0.25, -0.2) is 4.98 Å². The third-order valence-electron chi connectivity index (χ3n) is 4.92. The molecule has 2 N–H and O–H groups in total. The molecular weight excluding hydrogens is 330 g/mol. The van der Waals surface area contributed by atoms with Crippen LogP contribution in [0.2, 0.25) is 0 Å². The summed E-state index contributed by atoms with van der Waals surface area (Å²) in [4.78, 5) is 15.7. The van der Waals surface area contributed by atoms with Gasteiger partial charge in [0.25, 0.3) is 0 Å². The number of carbonyl (C=O) groups is 1. The summed E-state index contributed by atoms with van der Waals surface area (Å²) < 4.78 is 2.29. The summed E-state index contributed by atoms with van der Waals surface area (Å²) >= 11 is 1.49. The number of aryl methyl sites for hydroxylation is 3. The van der Waals surface area contributed by atoms with Crippen LogP contribution in [0.25, 0.3) is 16.9 Å². The molecule has 4 rings (SSSR count). The number of amides is 1. The van der Waals surface area contributed by atoms with Crippen molar-refractivity contribution in [1.82, 2.24) is 9.55 Å². The fraction of sp³-hybridized carbons (Fsp3) is 0.300. The van der Waals surface area contributed by atoms with Gasteiger partial charge in [0.1, 0.15) is 5.01 Å². The maximum absolute atomic E-state index is 11.1. The Morgan fingerprint density at radius 3 is 2.84 bits per heavy atom. The lowest BCUT2D eigenvalue weighted by Gasteiger charge is -2.12. The number of primary amides is 1. The molecule has 0 atom stereocenters. The van der Waals surface area contributed by atoms with Gasteiger partial charge < -0.3 is 10.3 Å². The first-order valence-electron chi connectivity index (χ1n) is 8.57. The van der Waals surface area contributed by atoms with E-state index < -0.39 is 0 Å². The molecule has 1 aliphatic carbocycles. The molecule has 0 saturated carbocycles. The number of benzene rings is 1. The maximum atomic E-state index is 11.1. The van der Waals surface area contributed by atoms with Crippen molar-refractivity contribution in [3.05, 3.63) is 57.2 Å². The SMILES string of the molecule is Cc1cc(-c2csc(CC(N)=O)n2)c(C)n1-c1ccc2c(c1)CCC2. The van der Waals surface area contributed by atoms with E-state index in [1.54, 1.807) is 0 Å². The summed E-state index contributed by atoms with van der Waals surface area (Å²) in [5.74, 6) is -0.343. The van der Waals surface area contributed by atoms with Gasteiger partial charge in [-0.15, -0.1) is 11.3 Å². The molecule has 4 nitrogen and oxygen atoms in total. The van der Waals surface area contributed by atoms with Crippen LogP contribution in [0.4, 0.5) is 0 Å². The molecule has 3 aromatic rings. The van der Waals surface area contributed by atoms with Crippen LogP contribution in [0.3, 0.4) is 0 Å². The van der Waals surface area contributed by atoms with E-state index in [2.05, 4.69) is 47.7 Å². The Balaban J connectivity index is 1.74. The average molecular weight is 351 g/mol. The topological polar surface area (TPSA) is 60.9 Å². The van der Waals surface area contributed by atoms with Crippen LogP contribution in [0.1, 0.15) is 33.9 Å². The van der Waals surface area contributed by atoms with Crippen LogP contribution in [-0.2, 0) is 24.1 Å². The molecule has 25 heavy (non-hydrogen) atoms. The molecule has 0 fully saturated rings. The summed E-state index contributed by atoms with van der Waals surface area (Å²) in [5.41, 5.74) is 13.9. The molecule has 0 radical (unpaired) electrons. The van der Waals surface area contributed by atoms with Crippen molar-refractivity contribution in [1.29, 1.82) is 0 Å². The molecular formula is C20H21N3OS. The molecule has 0 saturated heterocycles. The minimum absolute atomic E-state index is 0.203. The number of thiazole rings is 1. The molecule has 5 heteroatoms. The maximum Gasteiger partial charge on any atom is 0.224 e. The molecule has 1 aromatic carbocycles. The van der Waals surface area contributed by atoms with Gasteiger partial charge in [0.15, 0.2) is 0 Å². The third-order valence-corrected chi connectivity index (χ3v) is 5.77. The Labute approximate surface area is 151 Å². The van der Waals surface area contributed by atoms with Crippen molar-refractivity contribution in [2.75, 3.05) is 0 Å². The van der Waals surface area contributed by atoms with Gasteiger partial charge in [0.2, 0.25) is 5.91 Å². The Morgan fingerprint density at radius 2 is 2.04 bits per heavy atom. The number of carbonyl (C=O) groups excluding carboxylic acids is 1. The normalized spacial score (nSPS) is 13.2. The average Bonchev–Trinajstić information content (AvgIpc) is 3.25. The molecule has 1 aliphatic rings. The molecule has 2 aromatic heterocycles. The van der Waals surface area contributed by atoms with E-state index in [-0.39, 0.29) is 12.3 Å². The molecule has 2 heterocycles. The fourth-order valence-corrected chi connectivity index (χ4v) is 4.59. The van der Waals surface area contributed by atoms with Crippen LogP contribution >= 0.6 is 11.3 Å². The highest BCUT2D eigenvalue weighted by Crippen LogP contribution is 2.32. The summed E-state index contributed by atoms with van der Waals surface area (Å²) in [6.45, 7) is 4.25. The number of fused-ring (bicyclic) bond motifs is 1. The minimum atomic E-state index is -0.343. The number of rotatable bonds is 4. The molecule has 0 aliphatic heterocycles. The van der Waals surface area contributed by atoms with E-state index in [0.29, 0.717) is 0 Å². The molecule has 1 amide bonds. The third kappa shape index (κ3) is 2.89. The monoisotopic (exact) mass is 351 g/mol. The fourth-order valence-electron chi connectivity index (χ4n) is 3.78. The largest absolute Gasteiger partial charge is 0.369 e. The van der Waals surface area contributed by atoms with E-state index in [1.807, 2.05) is 5.38 Å². The number of hydrogen-bond acceptors (Lipinski definition) is 3. The van der Waals surface area contributed by atoms with Gasteiger partial charge in [0.05, 0.1) is 12.1 Å². The molecule has 0 bridgehead atoms. The number of nitrogens with zero attached hydrogens (tertiary/aromatic N) is 2. The van der Waals surface area contributed by atoms with E-state index in [9.17, 15) is 4.79 Å². The Hall–Kier alpha value is -2.40. The Bertz CT molecular complexity index is 967. The van der Waals surface area contributed by atoms with Gasteiger partial charge >= 0.3 is 0 Å². The zero-order valence-electron chi connectivity index (χ0n) is 14.5. The highest BCUT2D eigenvalue weighted by molar-refractivity contribution is 7.10. The number of hydrogen-bond donors (Lipinski definition) is 1. The van der Waals surface area contributed by atoms with Crippen LogP contribution in [-0.4, -0.2) is 15.5 Å². The molecule has 128 valence electrons. The van der Waals surface area contributed by atoms with E-state index in [4.69, 9.17) is 5.73 Å². The van der Waals surface area contributed by atoms with E-state index >= 15 is 0 Å². The van der Waals surface area contributed by atoms with Crippen molar-refractivity contribution in [2.45, 2.75) is 39.5 Å². The second-order valence-electron chi connectivity index (χ2n) is 6.70. The van der Waals surface area contributed by atoms with Crippen LogP contribution in [0.15, 0.2) is 29.6 Å². The lowest BCUT2D eigenvalue weighted by Crippen LogP contribution is -2.13. The van der Waals surface area contributed by atoms with Gasteiger partial charge in [-0.1, -0.05) is 6.07 Å². The standard InChI is InChI=1S/C20H21N3OS/c1-12-8-17(18-11-25-20(22-18)10-19(21)24)13(2)23(12)16-7-6-14-4-3-5-15(14)9-16/h6-9,11H,3-5,10H2,1-2H3,(H2,21,24). The van der Waals surface area contributed by atoms with Crippen molar-refractivity contribution in [2.24, 2.45) is 5.73 Å². The zero-order valence-corrected chi connectivity index (χ0v) is 15.3. The zero-order chi connectivity index (χ0) is 17.6. The summed E-state index contributed by atoms with van der Waals surface area (Å²) in [7, 11) is 0. The lowest BCUT2D eigenvalue weighted by molar-refractivity contribution is -0.117. The van der Waals surface area contributed by atoms with Gasteiger partial charge in [-0.05, 0) is 62.4 Å². The predicted octanol–water partition coefficient (Wildman–Crippen LogP) is 3.73. The quantitative estimate of drug-likeness (QED) is 0.778. The first-order chi connectivity index (χ1) is 12.0. The van der Waals surface area contributed by atoms with Crippen molar-refractivity contribution >= 4 is 17.2 Å². The smallest absolute Gasteiger partial charge is 0.224 e.